The van der Waals surface area contributed by atoms with Crippen molar-refractivity contribution in [3.05, 3.63) is 35.5 Å². The average molecular weight is 397 g/mol. The largest absolute Gasteiger partial charge is 0.418 e. The van der Waals surface area contributed by atoms with Gasteiger partial charge in [0.1, 0.15) is 0 Å². The molecular formula is C19H26F3N5O. The summed E-state index contributed by atoms with van der Waals surface area (Å²) in [5.41, 5.74) is 0.456. The van der Waals surface area contributed by atoms with Gasteiger partial charge < -0.3 is 15.5 Å². The Morgan fingerprint density at radius 2 is 2.04 bits per heavy atom. The van der Waals surface area contributed by atoms with E-state index in [4.69, 9.17) is 0 Å². The van der Waals surface area contributed by atoms with Gasteiger partial charge in [0, 0.05) is 42.9 Å². The molecule has 1 amide bonds. The van der Waals surface area contributed by atoms with Crippen LogP contribution in [0.3, 0.4) is 0 Å². The van der Waals surface area contributed by atoms with Crippen LogP contribution in [0.5, 0.6) is 0 Å². The third-order valence-electron chi connectivity index (χ3n) is 4.28. The van der Waals surface area contributed by atoms with E-state index in [9.17, 15) is 18.0 Å². The highest BCUT2D eigenvalue weighted by molar-refractivity contribution is 5.93. The maximum atomic E-state index is 13.6. The topological polar surface area (TPSA) is 73.1 Å². The lowest BCUT2D eigenvalue weighted by molar-refractivity contribution is -0.137. The number of carbonyl (C=O) groups is 1. The minimum Gasteiger partial charge on any atom is -0.325 e. The van der Waals surface area contributed by atoms with Gasteiger partial charge in [-0.1, -0.05) is 19.9 Å². The van der Waals surface area contributed by atoms with Crippen molar-refractivity contribution in [2.75, 3.05) is 32.5 Å². The molecule has 0 saturated heterocycles. The lowest BCUT2D eigenvalue weighted by Gasteiger charge is -2.18. The molecule has 2 aromatic rings. The first-order valence-corrected chi connectivity index (χ1v) is 9.01. The summed E-state index contributed by atoms with van der Waals surface area (Å²) < 4.78 is 40.7. The normalized spacial score (nSPS) is 12.0. The fourth-order valence-corrected chi connectivity index (χ4v) is 2.67. The predicted molar refractivity (Wildman–Crippen MR) is 103 cm³/mol. The summed E-state index contributed by atoms with van der Waals surface area (Å²) in [6.07, 6.45) is -2.91. The number of aromatic nitrogens is 2. The van der Waals surface area contributed by atoms with E-state index in [-0.39, 0.29) is 5.69 Å². The monoisotopic (exact) mass is 397 g/mol. The number of nitrogens with one attached hydrogen (secondary N) is 3. The van der Waals surface area contributed by atoms with E-state index in [1.54, 1.807) is 26.1 Å². The quantitative estimate of drug-likeness (QED) is 0.639. The molecule has 154 valence electrons. The number of amides is 1. The van der Waals surface area contributed by atoms with Crippen LogP contribution in [0.2, 0.25) is 0 Å². The van der Waals surface area contributed by atoms with E-state index in [1.807, 2.05) is 19.0 Å². The molecule has 0 aliphatic rings. The Labute approximate surface area is 162 Å². The molecule has 3 N–H and O–H groups in total. The van der Waals surface area contributed by atoms with Gasteiger partial charge in [0.2, 0.25) is 5.91 Å². The number of rotatable bonds is 8. The zero-order valence-corrected chi connectivity index (χ0v) is 16.4. The van der Waals surface area contributed by atoms with Crippen molar-refractivity contribution in [2.24, 2.45) is 5.92 Å². The van der Waals surface area contributed by atoms with E-state index >= 15 is 0 Å². The van der Waals surface area contributed by atoms with Crippen molar-refractivity contribution in [2.45, 2.75) is 26.6 Å². The van der Waals surface area contributed by atoms with Crippen molar-refractivity contribution < 1.29 is 18.0 Å². The Bertz CT molecular complexity index is 801. The van der Waals surface area contributed by atoms with E-state index in [0.717, 1.165) is 24.7 Å². The van der Waals surface area contributed by atoms with Gasteiger partial charge in [0.05, 0.1) is 16.9 Å². The highest BCUT2D eigenvalue weighted by Gasteiger charge is 2.34. The molecule has 0 bridgehead atoms. The van der Waals surface area contributed by atoms with Crippen LogP contribution in [-0.4, -0.2) is 48.2 Å². The molecule has 0 aliphatic heterocycles. The van der Waals surface area contributed by atoms with Crippen LogP contribution in [0.25, 0.3) is 11.3 Å². The third-order valence-corrected chi connectivity index (χ3v) is 4.28. The van der Waals surface area contributed by atoms with Gasteiger partial charge in [0.25, 0.3) is 0 Å². The van der Waals surface area contributed by atoms with Crippen molar-refractivity contribution in [1.82, 2.24) is 20.4 Å². The minimum absolute atomic E-state index is 0.252. The zero-order chi connectivity index (χ0) is 20.9. The van der Waals surface area contributed by atoms with Crippen LogP contribution in [-0.2, 0) is 17.5 Å². The summed E-state index contributed by atoms with van der Waals surface area (Å²) in [6, 6.07) is 3.85. The number of halogens is 3. The van der Waals surface area contributed by atoms with Gasteiger partial charge in [0.15, 0.2) is 0 Å². The van der Waals surface area contributed by atoms with Gasteiger partial charge in [-0.25, -0.2) is 0 Å². The first-order chi connectivity index (χ1) is 13.1. The average Bonchev–Trinajstić information content (AvgIpc) is 3.07. The number of likely N-dealkylation sites (N-methyl/N-ethyl adjacent to an activating group) is 2. The zero-order valence-electron chi connectivity index (χ0n) is 16.4. The van der Waals surface area contributed by atoms with Crippen molar-refractivity contribution in [3.63, 3.8) is 0 Å². The van der Waals surface area contributed by atoms with Gasteiger partial charge in [-0.15, -0.1) is 0 Å². The second-order valence-corrected chi connectivity index (χ2v) is 7.00. The lowest BCUT2D eigenvalue weighted by atomic mass is 10.0. The number of benzene rings is 1. The molecule has 28 heavy (non-hydrogen) atoms. The highest BCUT2D eigenvalue weighted by atomic mass is 19.4. The molecule has 0 atom stereocenters. The predicted octanol–water partition coefficient (Wildman–Crippen LogP) is 3.34. The van der Waals surface area contributed by atoms with Gasteiger partial charge in [-0.05, 0) is 26.2 Å². The lowest BCUT2D eigenvalue weighted by Crippen LogP contribution is -2.27. The minimum atomic E-state index is -4.60. The Hall–Kier alpha value is -2.39. The Balaban J connectivity index is 2.35. The molecule has 6 nitrogen and oxygen atoms in total. The second kappa shape index (κ2) is 9.20. The summed E-state index contributed by atoms with van der Waals surface area (Å²) >= 11 is 0. The Morgan fingerprint density at radius 3 is 2.64 bits per heavy atom. The molecule has 0 fully saturated rings. The Morgan fingerprint density at radius 1 is 1.32 bits per heavy atom. The van der Waals surface area contributed by atoms with Crippen LogP contribution in [0.15, 0.2) is 24.4 Å². The van der Waals surface area contributed by atoms with Crippen molar-refractivity contribution in [3.8, 4) is 11.3 Å². The number of aromatic amines is 1. The fourth-order valence-electron chi connectivity index (χ4n) is 2.67. The summed E-state index contributed by atoms with van der Waals surface area (Å²) in [5, 5.41) is 12.3. The highest BCUT2D eigenvalue weighted by Crippen LogP contribution is 2.38. The molecule has 9 heteroatoms. The van der Waals surface area contributed by atoms with Crippen LogP contribution < -0.4 is 10.6 Å². The van der Waals surface area contributed by atoms with Crippen LogP contribution in [0.4, 0.5) is 18.9 Å². The second-order valence-electron chi connectivity index (χ2n) is 7.00. The molecule has 1 aromatic heterocycles. The van der Waals surface area contributed by atoms with Crippen LogP contribution in [0.1, 0.15) is 25.0 Å². The van der Waals surface area contributed by atoms with E-state index < -0.39 is 23.6 Å². The first-order valence-electron chi connectivity index (χ1n) is 9.01. The number of anilines is 1. The maximum absolute atomic E-state index is 13.6. The SMILES string of the molecule is CNCCN(C)Cc1c[nH]nc1-c1ccc(NC(=O)C(C)C)c(C(F)(F)F)c1. The molecule has 1 aromatic carbocycles. The molecule has 0 radical (unpaired) electrons. The Kier molecular flexibility index (Phi) is 7.20. The van der Waals surface area contributed by atoms with Gasteiger partial charge >= 0.3 is 6.18 Å². The van der Waals surface area contributed by atoms with E-state index in [2.05, 4.69) is 20.8 Å². The molecule has 0 spiro atoms. The number of carbonyl (C=O) groups excluding carboxylic acids is 1. The molecule has 2 rings (SSSR count). The summed E-state index contributed by atoms with van der Waals surface area (Å²) in [4.78, 5) is 13.9. The van der Waals surface area contributed by atoms with Crippen LogP contribution in [0, 0.1) is 5.92 Å². The number of alkyl halides is 3. The molecule has 0 saturated carbocycles. The first kappa shape index (κ1) is 21.9. The van der Waals surface area contributed by atoms with Crippen molar-refractivity contribution in [1.29, 1.82) is 0 Å². The number of nitrogens with zero attached hydrogens (tertiary/aromatic N) is 2. The molecule has 0 unspecified atom stereocenters. The molecular weight excluding hydrogens is 371 g/mol. The number of H-pyrrole nitrogens is 1. The summed E-state index contributed by atoms with van der Waals surface area (Å²) in [5.74, 6) is -0.892. The summed E-state index contributed by atoms with van der Waals surface area (Å²) in [7, 11) is 3.79. The standard InChI is InChI=1S/C19H26F3N5O/c1-12(2)18(28)25-16-6-5-13(9-15(16)19(20,21)22)17-14(10-24-26-17)11-27(4)8-7-23-3/h5-6,9-10,12,23H,7-8,11H2,1-4H3,(H,24,26)(H,25,28). The summed E-state index contributed by atoms with van der Waals surface area (Å²) in [6.45, 7) is 5.37. The number of hydrogen-bond acceptors (Lipinski definition) is 4. The molecule has 1 heterocycles. The van der Waals surface area contributed by atoms with Crippen LogP contribution >= 0.6 is 0 Å². The maximum Gasteiger partial charge on any atom is 0.418 e. The smallest absolute Gasteiger partial charge is 0.325 e. The van der Waals surface area contributed by atoms with Gasteiger partial charge in [-0.3, -0.25) is 9.89 Å². The van der Waals surface area contributed by atoms with E-state index in [1.165, 1.54) is 6.07 Å². The van der Waals surface area contributed by atoms with Gasteiger partial charge in [-0.2, -0.15) is 18.3 Å². The molecule has 0 aliphatic carbocycles. The van der Waals surface area contributed by atoms with E-state index in [0.29, 0.717) is 17.8 Å². The number of hydrogen-bond donors (Lipinski definition) is 3. The van der Waals surface area contributed by atoms with Crippen molar-refractivity contribution >= 4 is 11.6 Å². The third kappa shape index (κ3) is 5.56. The fraction of sp³-hybridized carbons (Fsp3) is 0.474.